The Hall–Kier alpha value is -1.83. The van der Waals surface area contributed by atoms with Crippen molar-refractivity contribution in [2.45, 2.75) is 19.8 Å². The fourth-order valence-electron chi connectivity index (χ4n) is 1.38. The SMILES string of the molecule is CCOC(=O)Cc1c(C(F)F)cnc([N+](=O)[O-])c1Cl. The summed E-state index contributed by atoms with van der Waals surface area (Å²) in [6.07, 6.45) is -2.88. The number of aromatic nitrogens is 1. The maximum atomic E-state index is 12.8. The molecule has 0 spiro atoms. The van der Waals surface area contributed by atoms with Gasteiger partial charge in [-0.3, -0.25) is 4.79 Å². The van der Waals surface area contributed by atoms with Crippen LogP contribution in [0.25, 0.3) is 0 Å². The lowest BCUT2D eigenvalue weighted by Crippen LogP contribution is -2.11. The quantitative estimate of drug-likeness (QED) is 0.474. The van der Waals surface area contributed by atoms with Crippen molar-refractivity contribution in [1.82, 2.24) is 4.98 Å². The number of hydrogen-bond acceptors (Lipinski definition) is 5. The number of nitrogens with zero attached hydrogens (tertiary/aromatic N) is 2. The zero-order valence-electron chi connectivity index (χ0n) is 9.73. The highest BCUT2D eigenvalue weighted by Gasteiger charge is 2.27. The Kier molecular flexibility index (Phi) is 5.11. The van der Waals surface area contributed by atoms with Crippen molar-refractivity contribution < 1.29 is 23.2 Å². The van der Waals surface area contributed by atoms with E-state index in [9.17, 15) is 23.7 Å². The second-order valence-corrected chi connectivity index (χ2v) is 3.75. The first-order chi connectivity index (χ1) is 8.88. The summed E-state index contributed by atoms with van der Waals surface area (Å²) in [6, 6.07) is 0. The van der Waals surface area contributed by atoms with Crippen LogP contribution in [0.15, 0.2) is 6.20 Å². The topological polar surface area (TPSA) is 82.3 Å². The molecule has 19 heavy (non-hydrogen) atoms. The molecule has 0 bridgehead atoms. The lowest BCUT2D eigenvalue weighted by Gasteiger charge is -2.09. The average Bonchev–Trinajstić information content (AvgIpc) is 2.31. The van der Waals surface area contributed by atoms with Gasteiger partial charge in [-0.05, 0) is 16.8 Å². The van der Waals surface area contributed by atoms with Crippen molar-refractivity contribution in [3.63, 3.8) is 0 Å². The van der Waals surface area contributed by atoms with Crippen molar-refractivity contribution in [3.8, 4) is 0 Å². The largest absolute Gasteiger partial charge is 0.466 e. The molecule has 6 nitrogen and oxygen atoms in total. The van der Waals surface area contributed by atoms with E-state index in [-0.39, 0.29) is 12.2 Å². The standard InChI is InChI=1S/C10H9ClF2N2O4/c1-2-19-7(16)3-5-6(9(12)13)4-14-10(8(5)11)15(17)18/h4,9H,2-3H2,1H3. The normalized spacial score (nSPS) is 10.6. The van der Waals surface area contributed by atoms with Gasteiger partial charge >= 0.3 is 11.8 Å². The van der Waals surface area contributed by atoms with Gasteiger partial charge in [0.1, 0.15) is 11.2 Å². The zero-order chi connectivity index (χ0) is 14.6. The maximum Gasteiger partial charge on any atom is 0.382 e. The van der Waals surface area contributed by atoms with E-state index in [4.69, 9.17) is 11.6 Å². The summed E-state index contributed by atoms with van der Waals surface area (Å²) in [7, 11) is 0. The molecule has 0 aliphatic carbocycles. The third-order valence-electron chi connectivity index (χ3n) is 2.17. The minimum absolute atomic E-state index is 0.0631. The molecule has 9 heteroatoms. The van der Waals surface area contributed by atoms with Gasteiger partial charge in [0.15, 0.2) is 0 Å². The van der Waals surface area contributed by atoms with Gasteiger partial charge in [-0.25, -0.2) is 8.78 Å². The first-order valence-corrected chi connectivity index (χ1v) is 5.51. The van der Waals surface area contributed by atoms with Gasteiger partial charge in [-0.1, -0.05) is 11.6 Å². The summed E-state index contributed by atoms with van der Waals surface area (Å²) in [5, 5.41) is 10.0. The van der Waals surface area contributed by atoms with Gasteiger partial charge in [0, 0.05) is 5.56 Å². The van der Waals surface area contributed by atoms with Crippen LogP contribution in [0, 0.1) is 10.1 Å². The van der Waals surface area contributed by atoms with E-state index in [2.05, 4.69) is 9.72 Å². The van der Waals surface area contributed by atoms with E-state index >= 15 is 0 Å². The van der Waals surface area contributed by atoms with Crippen LogP contribution in [0.1, 0.15) is 24.5 Å². The van der Waals surface area contributed by atoms with Crippen molar-refractivity contribution in [2.24, 2.45) is 0 Å². The molecule has 1 aromatic heterocycles. The number of nitro groups is 1. The molecule has 1 aromatic rings. The molecule has 0 radical (unpaired) electrons. The lowest BCUT2D eigenvalue weighted by molar-refractivity contribution is -0.389. The summed E-state index contributed by atoms with van der Waals surface area (Å²) < 4.78 is 30.1. The molecule has 0 saturated heterocycles. The number of pyridine rings is 1. The Bertz CT molecular complexity index is 511. The molecule has 0 amide bonds. The van der Waals surface area contributed by atoms with Crippen LogP contribution in [0.2, 0.25) is 5.02 Å². The molecule has 1 rings (SSSR count). The Labute approximate surface area is 111 Å². The van der Waals surface area contributed by atoms with Gasteiger partial charge < -0.3 is 14.9 Å². The number of rotatable bonds is 5. The highest BCUT2D eigenvalue weighted by Crippen LogP contribution is 2.33. The highest BCUT2D eigenvalue weighted by atomic mass is 35.5. The maximum absolute atomic E-state index is 12.8. The van der Waals surface area contributed by atoms with E-state index in [0.29, 0.717) is 6.20 Å². The molecule has 0 aromatic carbocycles. The Morgan fingerprint density at radius 3 is 2.74 bits per heavy atom. The number of alkyl halides is 2. The van der Waals surface area contributed by atoms with E-state index in [1.54, 1.807) is 6.92 Å². The predicted molar refractivity (Wildman–Crippen MR) is 61.2 cm³/mol. The van der Waals surface area contributed by atoms with Crippen LogP contribution in [0.4, 0.5) is 14.6 Å². The summed E-state index contributed by atoms with van der Waals surface area (Å²) >= 11 is 5.65. The molecule has 0 saturated carbocycles. The van der Waals surface area contributed by atoms with E-state index in [1.165, 1.54) is 0 Å². The van der Waals surface area contributed by atoms with Crippen LogP contribution >= 0.6 is 11.6 Å². The summed E-state index contributed by atoms with van der Waals surface area (Å²) in [5.41, 5.74) is -0.958. The van der Waals surface area contributed by atoms with Crippen molar-refractivity contribution >= 4 is 23.4 Å². The van der Waals surface area contributed by atoms with Crippen LogP contribution in [-0.4, -0.2) is 22.5 Å². The van der Waals surface area contributed by atoms with Crippen LogP contribution < -0.4 is 0 Å². The number of ether oxygens (including phenoxy) is 1. The second kappa shape index (κ2) is 6.37. The number of hydrogen-bond donors (Lipinski definition) is 0. The molecular weight excluding hydrogens is 286 g/mol. The predicted octanol–water partition coefficient (Wildman–Crippen LogP) is 2.69. The van der Waals surface area contributed by atoms with Crippen LogP contribution in [0.3, 0.4) is 0 Å². The molecule has 0 atom stereocenters. The molecule has 104 valence electrons. The lowest BCUT2D eigenvalue weighted by atomic mass is 10.1. The molecule has 0 fully saturated rings. The van der Waals surface area contributed by atoms with E-state index in [1.807, 2.05) is 0 Å². The minimum atomic E-state index is -2.95. The van der Waals surface area contributed by atoms with Crippen LogP contribution in [0.5, 0.6) is 0 Å². The molecule has 1 heterocycles. The fourth-order valence-corrected chi connectivity index (χ4v) is 1.67. The number of carbonyl (C=O) groups excluding carboxylic acids is 1. The third-order valence-corrected chi connectivity index (χ3v) is 2.57. The smallest absolute Gasteiger partial charge is 0.382 e. The van der Waals surface area contributed by atoms with Gasteiger partial charge in [-0.2, -0.15) is 0 Å². The highest BCUT2D eigenvalue weighted by molar-refractivity contribution is 6.33. The van der Waals surface area contributed by atoms with Gasteiger partial charge in [0.05, 0.1) is 18.6 Å². The first-order valence-electron chi connectivity index (χ1n) is 5.13. The molecule has 0 aliphatic heterocycles. The van der Waals surface area contributed by atoms with Gasteiger partial charge in [-0.15, -0.1) is 0 Å². The first kappa shape index (κ1) is 15.2. The van der Waals surface area contributed by atoms with Crippen LogP contribution in [-0.2, 0) is 16.0 Å². The Morgan fingerprint density at radius 2 is 2.26 bits per heavy atom. The Balaban J connectivity index is 3.26. The zero-order valence-corrected chi connectivity index (χ0v) is 10.5. The van der Waals surface area contributed by atoms with E-state index < -0.39 is 40.1 Å². The second-order valence-electron chi connectivity index (χ2n) is 3.37. The average molecular weight is 295 g/mol. The molecule has 0 N–H and O–H groups in total. The van der Waals surface area contributed by atoms with Gasteiger partial charge in [0.2, 0.25) is 0 Å². The molecule has 0 unspecified atom stereocenters. The van der Waals surface area contributed by atoms with Crippen molar-refractivity contribution in [1.29, 1.82) is 0 Å². The number of carbonyl (C=O) groups is 1. The summed E-state index contributed by atoms with van der Waals surface area (Å²) in [6.45, 7) is 1.61. The monoisotopic (exact) mass is 294 g/mol. The van der Waals surface area contributed by atoms with Crippen molar-refractivity contribution in [2.75, 3.05) is 6.61 Å². The van der Waals surface area contributed by atoms with Gasteiger partial charge in [0.25, 0.3) is 6.43 Å². The minimum Gasteiger partial charge on any atom is -0.466 e. The Morgan fingerprint density at radius 1 is 1.63 bits per heavy atom. The number of halogens is 3. The fraction of sp³-hybridized carbons (Fsp3) is 0.400. The summed E-state index contributed by atoms with van der Waals surface area (Å²) in [5.74, 6) is -1.57. The van der Waals surface area contributed by atoms with Crippen molar-refractivity contribution in [3.05, 3.63) is 32.5 Å². The molecule has 0 aliphatic rings. The summed E-state index contributed by atoms with van der Waals surface area (Å²) in [4.78, 5) is 24.3. The third kappa shape index (κ3) is 3.57. The number of esters is 1. The molecular formula is C10H9ClF2N2O4. The van der Waals surface area contributed by atoms with E-state index in [0.717, 1.165) is 0 Å².